The first-order valence-corrected chi connectivity index (χ1v) is 9.23. The highest BCUT2D eigenvalue weighted by molar-refractivity contribution is 7.89. The third kappa shape index (κ3) is 5.16. The molecule has 3 N–H and O–H groups in total. The summed E-state index contributed by atoms with van der Waals surface area (Å²) < 4.78 is 27.3. The molecular weight excluding hydrogens is 308 g/mol. The largest absolute Gasteiger partial charge is 0.398 e. The monoisotopic (exact) mass is 332 g/mol. The van der Waals surface area contributed by atoms with Crippen LogP contribution in [0.15, 0.2) is 17.0 Å². The SMILES string of the molecule is CCCCC(CC)CNS(=O)(=O)c1cc(N)c(C)c(Cl)c1. The minimum atomic E-state index is -3.57. The average Bonchev–Trinajstić information content (AvgIpc) is 2.44. The van der Waals surface area contributed by atoms with Crippen molar-refractivity contribution in [3.05, 3.63) is 22.7 Å². The summed E-state index contributed by atoms with van der Waals surface area (Å²) in [4.78, 5) is 0.126. The second-order valence-corrected chi connectivity index (χ2v) is 7.56. The first-order chi connectivity index (χ1) is 9.81. The Hall–Kier alpha value is -0.780. The molecule has 1 unspecified atom stereocenters. The molecule has 0 aliphatic carbocycles. The van der Waals surface area contributed by atoms with Gasteiger partial charge < -0.3 is 5.73 Å². The first kappa shape index (κ1) is 18.3. The molecule has 0 saturated carbocycles. The highest BCUT2D eigenvalue weighted by Crippen LogP contribution is 2.26. The van der Waals surface area contributed by atoms with E-state index in [0.717, 1.165) is 25.7 Å². The van der Waals surface area contributed by atoms with Gasteiger partial charge in [-0.2, -0.15) is 0 Å². The zero-order chi connectivity index (χ0) is 16.0. The summed E-state index contributed by atoms with van der Waals surface area (Å²) in [6.07, 6.45) is 4.22. The molecule has 0 spiro atoms. The van der Waals surface area contributed by atoms with Crippen LogP contribution >= 0.6 is 11.6 Å². The Morgan fingerprint density at radius 3 is 2.52 bits per heavy atom. The van der Waals surface area contributed by atoms with E-state index < -0.39 is 10.0 Å². The van der Waals surface area contributed by atoms with Crippen LogP contribution in [0.2, 0.25) is 5.02 Å². The average molecular weight is 333 g/mol. The molecule has 1 atom stereocenters. The smallest absolute Gasteiger partial charge is 0.240 e. The van der Waals surface area contributed by atoms with Crippen molar-refractivity contribution in [2.24, 2.45) is 5.92 Å². The van der Waals surface area contributed by atoms with Gasteiger partial charge in [0.2, 0.25) is 10.0 Å². The van der Waals surface area contributed by atoms with E-state index in [1.54, 1.807) is 6.92 Å². The van der Waals surface area contributed by atoms with Gasteiger partial charge in [-0.15, -0.1) is 0 Å². The molecule has 0 bridgehead atoms. The van der Waals surface area contributed by atoms with Crippen LogP contribution in [0.3, 0.4) is 0 Å². The second-order valence-electron chi connectivity index (χ2n) is 5.39. The van der Waals surface area contributed by atoms with Crippen LogP contribution in [0, 0.1) is 12.8 Å². The topological polar surface area (TPSA) is 72.2 Å². The number of rotatable bonds is 8. The maximum atomic E-state index is 12.3. The van der Waals surface area contributed by atoms with Gasteiger partial charge >= 0.3 is 0 Å². The molecule has 0 aromatic heterocycles. The summed E-state index contributed by atoms with van der Waals surface area (Å²) in [6, 6.07) is 2.90. The van der Waals surface area contributed by atoms with Gasteiger partial charge in [-0.05, 0) is 37.0 Å². The highest BCUT2D eigenvalue weighted by atomic mass is 35.5. The van der Waals surface area contributed by atoms with Gasteiger partial charge in [-0.1, -0.05) is 44.7 Å². The molecule has 6 heteroatoms. The first-order valence-electron chi connectivity index (χ1n) is 7.37. The number of hydrogen-bond donors (Lipinski definition) is 2. The quantitative estimate of drug-likeness (QED) is 0.712. The van der Waals surface area contributed by atoms with E-state index in [4.69, 9.17) is 17.3 Å². The van der Waals surface area contributed by atoms with E-state index in [1.807, 2.05) is 0 Å². The van der Waals surface area contributed by atoms with Gasteiger partial charge in [0, 0.05) is 17.3 Å². The standard InChI is InChI=1S/C15H25ClN2O2S/c1-4-6-7-12(5-2)10-18-21(19,20)13-8-14(16)11(3)15(17)9-13/h8-9,12,18H,4-7,10,17H2,1-3H3. The maximum absolute atomic E-state index is 12.3. The molecule has 0 heterocycles. The molecule has 1 aromatic rings. The molecule has 120 valence electrons. The number of anilines is 1. The summed E-state index contributed by atoms with van der Waals surface area (Å²) in [7, 11) is -3.57. The molecule has 1 aromatic carbocycles. The van der Waals surface area contributed by atoms with Crippen molar-refractivity contribution < 1.29 is 8.42 Å². The van der Waals surface area contributed by atoms with Crippen LogP contribution in [0.25, 0.3) is 0 Å². The lowest BCUT2D eigenvalue weighted by Gasteiger charge is -2.16. The van der Waals surface area contributed by atoms with E-state index in [2.05, 4.69) is 18.6 Å². The third-order valence-corrected chi connectivity index (χ3v) is 5.57. The number of benzene rings is 1. The molecule has 0 aliphatic rings. The van der Waals surface area contributed by atoms with Crippen LogP contribution in [-0.4, -0.2) is 15.0 Å². The van der Waals surface area contributed by atoms with E-state index in [0.29, 0.717) is 28.7 Å². The summed E-state index contributed by atoms with van der Waals surface area (Å²) in [5.74, 6) is 0.359. The Labute approximate surface area is 133 Å². The third-order valence-electron chi connectivity index (χ3n) is 3.77. The predicted molar refractivity (Wildman–Crippen MR) is 89.1 cm³/mol. The Kier molecular flexibility index (Phi) is 6.97. The zero-order valence-corrected chi connectivity index (χ0v) is 14.5. The Morgan fingerprint density at radius 1 is 1.33 bits per heavy atom. The van der Waals surface area contributed by atoms with Crippen LogP contribution < -0.4 is 10.5 Å². The van der Waals surface area contributed by atoms with Crippen LogP contribution in [0.4, 0.5) is 5.69 Å². The fourth-order valence-electron chi connectivity index (χ4n) is 2.08. The van der Waals surface area contributed by atoms with E-state index in [1.165, 1.54) is 12.1 Å². The van der Waals surface area contributed by atoms with Gasteiger partial charge in [0.05, 0.1) is 4.90 Å². The molecule has 21 heavy (non-hydrogen) atoms. The molecule has 1 rings (SSSR count). The number of halogens is 1. The van der Waals surface area contributed by atoms with E-state index in [-0.39, 0.29) is 4.90 Å². The van der Waals surface area contributed by atoms with Gasteiger partial charge in [0.25, 0.3) is 0 Å². The highest BCUT2D eigenvalue weighted by Gasteiger charge is 2.18. The molecule has 0 saturated heterocycles. The van der Waals surface area contributed by atoms with Gasteiger partial charge in [0.1, 0.15) is 0 Å². The lowest BCUT2D eigenvalue weighted by atomic mass is 10.00. The maximum Gasteiger partial charge on any atom is 0.240 e. The summed E-state index contributed by atoms with van der Waals surface area (Å²) >= 11 is 6.01. The summed E-state index contributed by atoms with van der Waals surface area (Å²) in [5, 5.41) is 0.369. The number of unbranched alkanes of at least 4 members (excludes halogenated alkanes) is 1. The summed E-state index contributed by atoms with van der Waals surface area (Å²) in [6.45, 7) is 6.42. The number of hydrogen-bond acceptors (Lipinski definition) is 3. The molecule has 0 fully saturated rings. The van der Waals surface area contributed by atoms with Crippen molar-refractivity contribution in [1.82, 2.24) is 4.72 Å². The normalized spacial score (nSPS) is 13.3. The molecule has 0 radical (unpaired) electrons. The van der Waals surface area contributed by atoms with Crippen LogP contribution in [0.5, 0.6) is 0 Å². The molecule has 4 nitrogen and oxygen atoms in total. The van der Waals surface area contributed by atoms with Gasteiger partial charge in [0.15, 0.2) is 0 Å². The predicted octanol–water partition coefficient (Wildman–Crippen LogP) is 3.73. The lowest BCUT2D eigenvalue weighted by molar-refractivity contribution is 0.444. The van der Waals surface area contributed by atoms with E-state index in [9.17, 15) is 8.42 Å². The van der Waals surface area contributed by atoms with Crippen LogP contribution in [0.1, 0.15) is 45.1 Å². The molecule has 0 aliphatic heterocycles. The number of nitrogen functional groups attached to an aromatic ring is 1. The number of nitrogens with one attached hydrogen (secondary N) is 1. The van der Waals surface area contributed by atoms with Crippen LogP contribution in [-0.2, 0) is 10.0 Å². The Balaban J connectivity index is 2.82. The van der Waals surface area contributed by atoms with Crippen molar-refractivity contribution >= 4 is 27.3 Å². The van der Waals surface area contributed by atoms with E-state index >= 15 is 0 Å². The molecular formula is C15H25ClN2O2S. The van der Waals surface area contributed by atoms with Gasteiger partial charge in [-0.25, -0.2) is 13.1 Å². The number of sulfonamides is 1. The Bertz CT molecular complexity index is 550. The van der Waals surface area contributed by atoms with Crippen molar-refractivity contribution in [2.45, 2.75) is 51.3 Å². The van der Waals surface area contributed by atoms with Crippen molar-refractivity contribution in [1.29, 1.82) is 0 Å². The molecule has 0 amide bonds. The second kappa shape index (κ2) is 8.01. The van der Waals surface area contributed by atoms with Crippen molar-refractivity contribution in [2.75, 3.05) is 12.3 Å². The zero-order valence-electron chi connectivity index (χ0n) is 12.9. The summed E-state index contributed by atoms with van der Waals surface area (Å²) in [5.41, 5.74) is 6.88. The van der Waals surface area contributed by atoms with Gasteiger partial charge in [-0.3, -0.25) is 0 Å². The fourth-order valence-corrected chi connectivity index (χ4v) is 3.55. The minimum absolute atomic E-state index is 0.126. The lowest BCUT2D eigenvalue weighted by Crippen LogP contribution is -2.29. The number of nitrogens with two attached hydrogens (primary N) is 1. The fraction of sp³-hybridized carbons (Fsp3) is 0.600. The van der Waals surface area contributed by atoms with Crippen molar-refractivity contribution in [3.8, 4) is 0 Å². The van der Waals surface area contributed by atoms with Crippen molar-refractivity contribution in [3.63, 3.8) is 0 Å². The Morgan fingerprint density at radius 2 is 2.00 bits per heavy atom. The minimum Gasteiger partial charge on any atom is -0.398 e.